The molecule has 2 nitrogen and oxygen atoms in total. The second-order valence-electron chi connectivity index (χ2n) is 5.29. The van der Waals surface area contributed by atoms with E-state index >= 15 is 0 Å². The molecule has 3 rings (SSSR count). The van der Waals surface area contributed by atoms with Crippen molar-refractivity contribution < 1.29 is 9.53 Å². The summed E-state index contributed by atoms with van der Waals surface area (Å²) < 4.78 is 5.33. The summed E-state index contributed by atoms with van der Waals surface area (Å²) in [5, 5.41) is 2.40. The van der Waals surface area contributed by atoms with Gasteiger partial charge in [-0.25, -0.2) is 0 Å². The van der Waals surface area contributed by atoms with Crippen LogP contribution in [0.5, 0.6) is 0 Å². The van der Waals surface area contributed by atoms with Crippen LogP contribution in [-0.4, -0.2) is 19.0 Å². The van der Waals surface area contributed by atoms with Crippen LogP contribution in [0.4, 0.5) is 0 Å². The van der Waals surface area contributed by atoms with Gasteiger partial charge in [0.25, 0.3) is 0 Å². The third kappa shape index (κ3) is 2.85. The Morgan fingerprint density at radius 3 is 2.84 bits per heavy atom. The number of ketones is 1. The molecule has 1 saturated heterocycles. The first-order chi connectivity index (χ1) is 9.33. The van der Waals surface area contributed by atoms with Gasteiger partial charge in [-0.3, -0.25) is 4.79 Å². The minimum atomic E-state index is 0.326. The summed E-state index contributed by atoms with van der Waals surface area (Å²) in [4.78, 5) is 12.2. The van der Waals surface area contributed by atoms with Crippen molar-refractivity contribution in [1.29, 1.82) is 0 Å². The van der Waals surface area contributed by atoms with E-state index in [-0.39, 0.29) is 0 Å². The van der Waals surface area contributed by atoms with Crippen molar-refractivity contribution >= 4 is 16.6 Å². The van der Waals surface area contributed by atoms with Crippen molar-refractivity contribution in [3.8, 4) is 0 Å². The second-order valence-corrected chi connectivity index (χ2v) is 5.29. The van der Waals surface area contributed by atoms with Gasteiger partial charge in [-0.15, -0.1) is 0 Å². The molecule has 1 aliphatic heterocycles. The van der Waals surface area contributed by atoms with E-state index in [1.165, 1.54) is 10.8 Å². The Balaban J connectivity index is 1.75. The van der Waals surface area contributed by atoms with E-state index in [2.05, 4.69) is 24.3 Å². The Morgan fingerprint density at radius 1 is 1.16 bits per heavy atom. The third-order valence-corrected chi connectivity index (χ3v) is 3.81. The van der Waals surface area contributed by atoms with E-state index in [4.69, 9.17) is 4.74 Å². The van der Waals surface area contributed by atoms with Gasteiger partial charge < -0.3 is 4.74 Å². The van der Waals surface area contributed by atoms with Gasteiger partial charge in [-0.2, -0.15) is 0 Å². The fraction of sp³-hybridized carbons (Fsp3) is 0.353. The van der Waals surface area contributed by atoms with Gasteiger partial charge in [0.1, 0.15) is 5.78 Å². The number of benzene rings is 2. The van der Waals surface area contributed by atoms with Gasteiger partial charge in [-0.1, -0.05) is 42.5 Å². The van der Waals surface area contributed by atoms with Gasteiger partial charge in [-0.05, 0) is 28.7 Å². The maximum absolute atomic E-state index is 12.2. The number of rotatable bonds is 4. The molecule has 0 bridgehead atoms. The zero-order chi connectivity index (χ0) is 13.1. The molecule has 1 atom stereocenters. The second kappa shape index (κ2) is 5.54. The molecule has 0 saturated carbocycles. The molecular formula is C17H18O2. The minimum Gasteiger partial charge on any atom is -0.381 e. The SMILES string of the molecule is O=C(Cc1cccc2ccccc12)CC1CCOC1. The lowest BCUT2D eigenvalue weighted by Crippen LogP contribution is -2.10. The highest BCUT2D eigenvalue weighted by Gasteiger charge is 2.19. The number of carbonyl (C=O) groups is 1. The van der Waals surface area contributed by atoms with Crippen molar-refractivity contribution in [2.24, 2.45) is 5.92 Å². The van der Waals surface area contributed by atoms with Crippen LogP contribution in [0.3, 0.4) is 0 Å². The van der Waals surface area contributed by atoms with Gasteiger partial charge in [0.15, 0.2) is 0 Å². The number of ether oxygens (including phenoxy) is 1. The fourth-order valence-corrected chi connectivity index (χ4v) is 2.80. The van der Waals surface area contributed by atoms with Crippen molar-refractivity contribution in [2.75, 3.05) is 13.2 Å². The van der Waals surface area contributed by atoms with E-state index in [1.807, 2.05) is 18.2 Å². The van der Waals surface area contributed by atoms with Crippen LogP contribution in [0.1, 0.15) is 18.4 Å². The molecule has 0 N–H and O–H groups in total. The molecule has 1 unspecified atom stereocenters. The highest BCUT2D eigenvalue weighted by Crippen LogP contribution is 2.22. The molecule has 0 amide bonds. The lowest BCUT2D eigenvalue weighted by molar-refractivity contribution is -0.119. The fourth-order valence-electron chi connectivity index (χ4n) is 2.80. The van der Waals surface area contributed by atoms with Crippen LogP contribution in [0, 0.1) is 5.92 Å². The molecule has 0 aromatic heterocycles. The van der Waals surface area contributed by atoms with Gasteiger partial charge in [0.2, 0.25) is 0 Å². The summed E-state index contributed by atoms with van der Waals surface area (Å²) in [6, 6.07) is 14.4. The quantitative estimate of drug-likeness (QED) is 0.836. The summed E-state index contributed by atoms with van der Waals surface area (Å²) in [5.74, 6) is 0.759. The van der Waals surface area contributed by atoms with Gasteiger partial charge in [0, 0.05) is 26.1 Å². The Morgan fingerprint density at radius 2 is 2.00 bits per heavy atom. The average Bonchev–Trinajstić information content (AvgIpc) is 2.92. The molecule has 0 aliphatic carbocycles. The summed E-state index contributed by atoms with van der Waals surface area (Å²) in [7, 11) is 0. The lowest BCUT2D eigenvalue weighted by atomic mass is 9.95. The first-order valence-corrected chi connectivity index (χ1v) is 6.89. The summed E-state index contributed by atoms with van der Waals surface area (Å²) >= 11 is 0. The number of Topliss-reactive ketones (excluding diaryl/α,β-unsaturated/α-hetero) is 1. The topological polar surface area (TPSA) is 26.3 Å². The van der Waals surface area contributed by atoms with Crippen molar-refractivity contribution in [1.82, 2.24) is 0 Å². The van der Waals surface area contributed by atoms with E-state index in [0.29, 0.717) is 24.5 Å². The largest absolute Gasteiger partial charge is 0.381 e. The third-order valence-electron chi connectivity index (χ3n) is 3.81. The summed E-state index contributed by atoms with van der Waals surface area (Å²) in [6.07, 6.45) is 2.22. The first-order valence-electron chi connectivity index (χ1n) is 6.89. The molecule has 0 spiro atoms. The standard InChI is InChI=1S/C17H18O2/c18-16(10-13-8-9-19-12-13)11-15-6-3-5-14-4-1-2-7-17(14)15/h1-7,13H,8-12H2. The van der Waals surface area contributed by atoms with E-state index < -0.39 is 0 Å². The van der Waals surface area contributed by atoms with Crippen LogP contribution in [0.2, 0.25) is 0 Å². The smallest absolute Gasteiger partial charge is 0.137 e. The lowest BCUT2D eigenvalue weighted by Gasteiger charge is -2.08. The van der Waals surface area contributed by atoms with Crippen molar-refractivity contribution in [3.05, 3.63) is 48.0 Å². The molecule has 0 radical (unpaired) electrons. The highest BCUT2D eigenvalue weighted by molar-refractivity contribution is 5.90. The molecular weight excluding hydrogens is 236 g/mol. The number of hydrogen-bond donors (Lipinski definition) is 0. The van der Waals surface area contributed by atoms with Crippen LogP contribution in [0.25, 0.3) is 10.8 Å². The van der Waals surface area contributed by atoms with Crippen LogP contribution in [-0.2, 0) is 16.0 Å². The van der Waals surface area contributed by atoms with Crippen LogP contribution >= 0.6 is 0 Å². The van der Waals surface area contributed by atoms with E-state index in [1.54, 1.807) is 0 Å². The van der Waals surface area contributed by atoms with Crippen LogP contribution < -0.4 is 0 Å². The van der Waals surface area contributed by atoms with Gasteiger partial charge in [0.05, 0.1) is 0 Å². The molecule has 2 heteroatoms. The average molecular weight is 254 g/mol. The zero-order valence-corrected chi connectivity index (χ0v) is 11.0. The molecule has 1 heterocycles. The molecule has 19 heavy (non-hydrogen) atoms. The minimum absolute atomic E-state index is 0.326. The predicted octanol–water partition coefficient (Wildman–Crippen LogP) is 3.38. The number of fused-ring (bicyclic) bond motifs is 1. The van der Waals surface area contributed by atoms with E-state index in [9.17, 15) is 4.79 Å². The Kier molecular flexibility index (Phi) is 3.60. The summed E-state index contributed by atoms with van der Waals surface area (Å²) in [6.45, 7) is 1.56. The Labute approximate surface area is 113 Å². The first kappa shape index (κ1) is 12.4. The van der Waals surface area contributed by atoms with Gasteiger partial charge >= 0.3 is 0 Å². The number of carbonyl (C=O) groups excluding carboxylic acids is 1. The molecule has 2 aromatic rings. The van der Waals surface area contributed by atoms with E-state index in [0.717, 1.165) is 25.2 Å². The monoisotopic (exact) mass is 254 g/mol. The summed E-state index contributed by atoms with van der Waals surface area (Å²) in [5.41, 5.74) is 1.14. The zero-order valence-electron chi connectivity index (χ0n) is 11.0. The molecule has 98 valence electrons. The Hall–Kier alpha value is -1.67. The predicted molar refractivity (Wildman–Crippen MR) is 76.2 cm³/mol. The van der Waals surface area contributed by atoms with Crippen molar-refractivity contribution in [2.45, 2.75) is 19.3 Å². The number of hydrogen-bond acceptors (Lipinski definition) is 2. The molecule has 2 aromatic carbocycles. The van der Waals surface area contributed by atoms with Crippen molar-refractivity contribution in [3.63, 3.8) is 0 Å². The Bertz CT molecular complexity index is 577. The maximum Gasteiger partial charge on any atom is 0.137 e. The normalized spacial score (nSPS) is 18.8. The molecule has 1 aliphatic rings. The van der Waals surface area contributed by atoms with Crippen LogP contribution in [0.15, 0.2) is 42.5 Å². The molecule has 1 fully saturated rings. The maximum atomic E-state index is 12.2. The highest BCUT2D eigenvalue weighted by atomic mass is 16.5.